The lowest BCUT2D eigenvalue weighted by Gasteiger charge is -2.26. The molecule has 1 aromatic rings. The fourth-order valence-electron chi connectivity index (χ4n) is 1.42. The second kappa shape index (κ2) is 7.81. The molecule has 0 aliphatic rings. The van der Waals surface area contributed by atoms with Crippen LogP contribution in [0.3, 0.4) is 0 Å². The Balaban J connectivity index is 0.00000324. The highest BCUT2D eigenvalue weighted by atomic mass is 35.5. The van der Waals surface area contributed by atoms with Crippen LogP contribution in [0, 0.1) is 0 Å². The first-order chi connectivity index (χ1) is 8.47. The third kappa shape index (κ3) is 4.57. The van der Waals surface area contributed by atoms with Gasteiger partial charge < -0.3 is 20.4 Å². The van der Waals surface area contributed by atoms with E-state index >= 15 is 0 Å². The minimum Gasteiger partial charge on any atom is -0.472 e. The maximum absolute atomic E-state index is 12.0. The molecule has 3 N–H and O–H groups in total. The van der Waals surface area contributed by atoms with E-state index in [2.05, 4.69) is 5.32 Å². The average molecular weight is 290 g/mol. The Hall–Kier alpha value is -1.53. The number of carbonyl (C=O) groups excluding carboxylic acids is 2. The minimum absolute atomic E-state index is 0. The fraction of sp³-hybridized carbons (Fsp3) is 0.500. The summed E-state index contributed by atoms with van der Waals surface area (Å²) in [6.07, 6.45) is 2.74. The highest BCUT2D eigenvalue weighted by Crippen LogP contribution is 2.02. The van der Waals surface area contributed by atoms with Crippen molar-refractivity contribution in [2.75, 3.05) is 13.6 Å². The average Bonchev–Trinajstić information content (AvgIpc) is 2.89. The first kappa shape index (κ1) is 17.5. The zero-order valence-corrected chi connectivity index (χ0v) is 12.1. The van der Waals surface area contributed by atoms with E-state index in [0.29, 0.717) is 12.1 Å². The van der Waals surface area contributed by atoms with Gasteiger partial charge in [-0.2, -0.15) is 0 Å². The zero-order chi connectivity index (χ0) is 13.7. The Morgan fingerprint density at radius 3 is 2.58 bits per heavy atom. The van der Waals surface area contributed by atoms with E-state index in [1.54, 1.807) is 20.0 Å². The van der Waals surface area contributed by atoms with Gasteiger partial charge in [-0.3, -0.25) is 9.59 Å². The van der Waals surface area contributed by atoms with Crippen molar-refractivity contribution in [3.05, 3.63) is 24.2 Å². The van der Waals surface area contributed by atoms with Crippen LogP contribution in [0.15, 0.2) is 23.0 Å². The number of nitrogens with one attached hydrogen (secondary N) is 1. The largest absolute Gasteiger partial charge is 0.472 e. The summed E-state index contributed by atoms with van der Waals surface area (Å²) in [5.74, 6) is -0.511. The van der Waals surface area contributed by atoms with Gasteiger partial charge in [-0.25, -0.2) is 0 Å². The van der Waals surface area contributed by atoms with Crippen LogP contribution in [0.5, 0.6) is 0 Å². The predicted molar refractivity (Wildman–Crippen MR) is 74.2 cm³/mol. The molecule has 2 atom stereocenters. The number of likely N-dealkylation sites (N-methyl/N-ethyl adjacent to an activating group) is 1. The molecular formula is C12H20ClN3O3. The summed E-state index contributed by atoms with van der Waals surface area (Å²) in [5, 5.41) is 2.61. The van der Waals surface area contributed by atoms with Crippen molar-refractivity contribution in [3.8, 4) is 0 Å². The second-order valence-electron chi connectivity index (χ2n) is 4.24. The SMILES string of the molecule is CC(NC(=O)c1ccoc1)C(=O)N(C)C(C)CN.Cl. The number of rotatable bonds is 5. The van der Waals surface area contributed by atoms with Gasteiger partial charge in [0.25, 0.3) is 5.91 Å². The molecule has 0 aromatic carbocycles. The lowest BCUT2D eigenvalue weighted by molar-refractivity contribution is -0.133. The number of hydrogen-bond donors (Lipinski definition) is 2. The summed E-state index contributed by atoms with van der Waals surface area (Å²) in [4.78, 5) is 25.2. The molecule has 1 aromatic heterocycles. The van der Waals surface area contributed by atoms with Gasteiger partial charge in [-0.1, -0.05) is 0 Å². The van der Waals surface area contributed by atoms with Crippen LogP contribution in [-0.2, 0) is 4.79 Å². The third-order valence-corrected chi connectivity index (χ3v) is 2.85. The molecule has 0 radical (unpaired) electrons. The molecule has 6 nitrogen and oxygen atoms in total. The molecule has 1 rings (SSSR count). The van der Waals surface area contributed by atoms with E-state index in [1.807, 2.05) is 6.92 Å². The van der Waals surface area contributed by atoms with Crippen LogP contribution >= 0.6 is 12.4 Å². The molecule has 19 heavy (non-hydrogen) atoms. The number of carbonyl (C=O) groups is 2. The van der Waals surface area contributed by atoms with E-state index in [1.165, 1.54) is 17.4 Å². The smallest absolute Gasteiger partial charge is 0.255 e. The molecule has 7 heteroatoms. The summed E-state index contributed by atoms with van der Waals surface area (Å²) in [5.41, 5.74) is 5.89. The van der Waals surface area contributed by atoms with Gasteiger partial charge in [0, 0.05) is 19.6 Å². The summed E-state index contributed by atoms with van der Waals surface area (Å²) in [6.45, 7) is 3.87. The van der Waals surface area contributed by atoms with Crippen molar-refractivity contribution in [1.82, 2.24) is 10.2 Å². The highest BCUT2D eigenvalue weighted by Gasteiger charge is 2.22. The molecule has 0 fully saturated rings. The molecule has 108 valence electrons. The zero-order valence-electron chi connectivity index (χ0n) is 11.3. The molecule has 2 amide bonds. The normalized spacial score (nSPS) is 13.1. The Morgan fingerprint density at radius 2 is 2.11 bits per heavy atom. The number of nitrogens with two attached hydrogens (primary N) is 1. The summed E-state index contributed by atoms with van der Waals surface area (Å²) in [7, 11) is 1.67. The van der Waals surface area contributed by atoms with E-state index in [-0.39, 0.29) is 30.3 Å². The molecule has 1 heterocycles. The quantitative estimate of drug-likeness (QED) is 0.832. The third-order valence-electron chi connectivity index (χ3n) is 2.85. The molecule has 0 saturated heterocycles. The second-order valence-corrected chi connectivity index (χ2v) is 4.24. The highest BCUT2D eigenvalue weighted by molar-refractivity contribution is 5.97. The first-order valence-corrected chi connectivity index (χ1v) is 5.77. The number of halogens is 1. The number of amides is 2. The molecule has 2 unspecified atom stereocenters. The summed E-state index contributed by atoms with van der Waals surface area (Å²) < 4.78 is 4.81. The van der Waals surface area contributed by atoms with Crippen molar-refractivity contribution >= 4 is 24.2 Å². The molecule has 0 aliphatic carbocycles. The van der Waals surface area contributed by atoms with Gasteiger partial charge in [0.05, 0.1) is 11.8 Å². The van der Waals surface area contributed by atoms with Gasteiger partial charge in [0.15, 0.2) is 0 Å². The Morgan fingerprint density at radius 1 is 1.47 bits per heavy atom. The summed E-state index contributed by atoms with van der Waals surface area (Å²) in [6, 6.07) is 0.871. The van der Waals surface area contributed by atoms with Crippen LogP contribution in [0.4, 0.5) is 0 Å². The lowest BCUT2D eigenvalue weighted by atomic mass is 10.2. The summed E-state index contributed by atoms with van der Waals surface area (Å²) >= 11 is 0. The maximum Gasteiger partial charge on any atom is 0.255 e. The van der Waals surface area contributed by atoms with Crippen LogP contribution in [0.1, 0.15) is 24.2 Å². The molecule has 0 spiro atoms. The maximum atomic E-state index is 12.0. The lowest BCUT2D eigenvalue weighted by Crippen LogP contribution is -2.49. The van der Waals surface area contributed by atoms with Crippen LogP contribution in [0.25, 0.3) is 0 Å². The van der Waals surface area contributed by atoms with Gasteiger partial charge in [0.2, 0.25) is 5.91 Å². The molecular weight excluding hydrogens is 270 g/mol. The van der Waals surface area contributed by atoms with E-state index in [0.717, 1.165) is 0 Å². The molecule has 0 aliphatic heterocycles. The predicted octanol–water partition coefficient (Wildman–Crippen LogP) is 0.625. The Labute approximate surface area is 118 Å². The van der Waals surface area contributed by atoms with E-state index in [9.17, 15) is 9.59 Å². The molecule has 0 saturated carbocycles. The topological polar surface area (TPSA) is 88.6 Å². The van der Waals surface area contributed by atoms with Gasteiger partial charge in [-0.15, -0.1) is 12.4 Å². The van der Waals surface area contributed by atoms with Gasteiger partial charge in [-0.05, 0) is 19.9 Å². The first-order valence-electron chi connectivity index (χ1n) is 5.77. The van der Waals surface area contributed by atoms with E-state index in [4.69, 9.17) is 10.2 Å². The van der Waals surface area contributed by atoms with Crippen LogP contribution < -0.4 is 11.1 Å². The van der Waals surface area contributed by atoms with E-state index < -0.39 is 6.04 Å². The standard InChI is InChI=1S/C12H19N3O3.ClH/c1-8(6-13)15(3)12(17)9(2)14-11(16)10-4-5-18-7-10;/h4-5,7-9H,6,13H2,1-3H3,(H,14,16);1H. The van der Waals surface area contributed by atoms with Gasteiger partial charge >= 0.3 is 0 Å². The number of hydrogen-bond acceptors (Lipinski definition) is 4. The van der Waals surface area contributed by atoms with Crippen molar-refractivity contribution < 1.29 is 14.0 Å². The van der Waals surface area contributed by atoms with Crippen molar-refractivity contribution in [1.29, 1.82) is 0 Å². The Kier molecular flexibility index (Phi) is 7.18. The molecule has 0 bridgehead atoms. The number of nitrogens with zero attached hydrogens (tertiary/aromatic N) is 1. The van der Waals surface area contributed by atoms with Crippen LogP contribution in [0.2, 0.25) is 0 Å². The van der Waals surface area contributed by atoms with Crippen molar-refractivity contribution in [2.45, 2.75) is 25.9 Å². The van der Waals surface area contributed by atoms with Gasteiger partial charge in [0.1, 0.15) is 12.3 Å². The fourth-order valence-corrected chi connectivity index (χ4v) is 1.42. The van der Waals surface area contributed by atoms with Crippen molar-refractivity contribution in [2.24, 2.45) is 5.73 Å². The monoisotopic (exact) mass is 289 g/mol. The number of furan rings is 1. The van der Waals surface area contributed by atoms with Crippen LogP contribution in [-0.4, -0.2) is 42.4 Å². The minimum atomic E-state index is -0.605. The van der Waals surface area contributed by atoms with Crippen molar-refractivity contribution in [3.63, 3.8) is 0 Å². The Bertz CT molecular complexity index is 408.